The third-order valence-corrected chi connectivity index (χ3v) is 5.85. The average molecular weight is 403 g/mol. The van der Waals surface area contributed by atoms with Crippen molar-refractivity contribution in [3.05, 3.63) is 52.3 Å². The molecule has 1 aromatic carbocycles. The van der Waals surface area contributed by atoms with E-state index >= 15 is 0 Å². The summed E-state index contributed by atoms with van der Waals surface area (Å²) in [5.74, 6) is 2.57. The van der Waals surface area contributed by atoms with Crippen LogP contribution in [0.5, 0.6) is 0 Å². The van der Waals surface area contributed by atoms with Crippen LogP contribution in [-0.2, 0) is 0 Å². The van der Waals surface area contributed by atoms with Crippen LogP contribution in [0.3, 0.4) is 0 Å². The molecule has 4 rings (SSSR count). The van der Waals surface area contributed by atoms with Crippen LogP contribution >= 0.6 is 23.4 Å². The van der Waals surface area contributed by atoms with Crippen molar-refractivity contribution in [2.24, 2.45) is 0 Å². The van der Waals surface area contributed by atoms with Crippen LogP contribution in [0.4, 0.5) is 17.3 Å². The first kappa shape index (κ1) is 18.4. The van der Waals surface area contributed by atoms with E-state index in [0.29, 0.717) is 0 Å². The molecule has 2 aliphatic rings. The molecule has 142 valence electrons. The molecular formula is C19H23ClN6S. The smallest absolute Gasteiger partial charge is 0.157 e. The fourth-order valence-electron chi connectivity index (χ4n) is 3.37. The van der Waals surface area contributed by atoms with Crippen molar-refractivity contribution in [2.75, 3.05) is 41.3 Å². The van der Waals surface area contributed by atoms with Crippen LogP contribution in [0.15, 0.2) is 35.9 Å². The molecule has 1 atom stereocenters. The fraction of sp³-hybridized carbons (Fsp3) is 0.368. The molecule has 3 heterocycles. The van der Waals surface area contributed by atoms with E-state index in [4.69, 9.17) is 11.6 Å². The minimum atomic E-state index is -0.00577. The molecule has 1 aromatic heterocycles. The SMILES string of the molecule is Cc1nc(NC2SC=CN2c2c(C)cccc2Cl)cc(N2CCNCC2)n1. The first-order chi connectivity index (χ1) is 13.1. The predicted molar refractivity (Wildman–Crippen MR) is 115 cm³/mol. The van der Waals surface area contributed by atoms with E-state index in [1.807, 2.05) is 25.1 Å². The monoisotopic (exact) mass is 402 g/mol. The zero-order valence-corrected chi connectivity index (χ0v) is 17.0. The van der Waals surface area contributed by atoms with Crippen molar-refractivity contribution < 1.29 is 0 Å². The fourth-order valence-corrected chi connectivity index (χ4v) is 4.54. The standard InChI is InChI=1S/C19H23ClN6S/c1-13-4-3-5-15(20)18(13)26-10-11-27-19(26)24-16-12-17(23-14(2)22-16)25-8-6-21-7-9-25/h3-5,10-12,19,21H,6-9H2,1-2H3,(H,22,23,24). The molecule has 6 nitrogen and oxygen atoms in total. The summed E-state index contributed by atoms with van der Waals surface area (Å²) in [5, 5.41) is 9.73. The second-order valence-corrected chi connectivity index (χ2v) is 8.02. The highest BCUT2D eigenvalue weighted by Gasteiger charge is 2.25. The Bertz CT molecular complexity index is 832. The van der Waals surface area contributed by atoms with E-state index in [-0.39, 0.29) is 5.50 Å². The molecule has 2 aliphatic heterocycles. The van der Waals surface area contributed by atoms with E-state index < -0.39 is 0 Å². The summed E-state index contributed by atoms with van der Waals surface area (Å²) in [5.41, 5.74) is 2.15. The van der Waals surface area contributed by atoms with Crippen LogP contribution in [0.2, 0.25) is 5.02 Å². The first-order valence-corrected chi connectivity index (χ1v) is 10.4. The van der Waals surface area contributed by atoms with Crippen molar-refractivity contribution in [3.8, 4) is 0 Å². The van der Waals surface area contributed by atoms with Crippen molar-refractivity contribution in [2.45, 2.75) is 19.3 Å². The maximum atomic E-state index is 6.48. The summed E-state index contributed by atoms with van der Waals surface area (Å²) in [4.78, 5) is 13.7. The van der Waals surface area contributed by atoms with E-state index in [0.717, 1.165) is 59.9 Å². The van der Waals surface area contributed by atoms with Gasteiger partial charge in [-0.2, -0.15) is 0 Å². The Hall–Kier alpha value is -1.96. The Morgan fingerprint density at radius 1 is 1.22 bits per heavy atom. The number of hydrogen-bond acceptors (Lipinski definition) is 7. The van der Waals surface area contributed by atoms with E-state index in [1.54, 1.807) is 11.8 Å². The molecule has 0 amide bonds. The summed E-state index contributed by atoms with van der Waals surface area (Å²) in [6, 6.07) is 8.01. The van der Waals surface area contributed by atoms with Crippen molar-refractivity contribution in [3.63, 3.8) is 0 Å². The molecular weight excluding hydrogens is 380 g/mol. The van der Waals surface area contributed by atoms with Crippen LogP contribution < -0.4 is 20.4 Å². The van der Waals surface area contributed by atoms with Gasteiger partial charge in [-0.1, -0.05) is 35.5 Å². The number of rotatable bonds is 4. The molecule has 27 heavy (non-hydrogen) atoms. The first-order valence-electron chi connectivity index (χ1n) is 9.05. The quantitative estimate of drug-likeness (QED) is 0.810. The summed E-state index contributed by atoms with van der Waals surface area (Å²) in [7, 11) is 0. The number of aryl methyl sites for hydroxylation is 2. The van der Waals surface area contributed by atoms with Gasteiger partial charge in [0.25, 0.3) is 0 Å². The minimum absolute atomic E-state index is 0.00577. The van der Waals surface area contributed by atoms with Crippen molar-refractivity contribution in [1.29, 1.82) is 0 Å². The summed E-state index contributed by atoms with van der Waals surface area (Å²) < 4.78 is 0. The van der Waals surface area contributed by atoms with Crippen molar-refractivity contribution >= 4 is 40.7 Å². The number of nitrogens with one attached hydrogen (secondary N) is 2. The molecule has 0 aliphatic carbocycles. The lowest BCUT2D eigenvalue weighted by atomic mass is 10.2. The number of hydrogen-bond donors (Lipinski definition) is 2. The Balaban J connectivity index is 1.57. The van der Waals surface area contributed by atoms with Crippen LogP contribution in [0.25, 0.3) is 0 Å². The van der Waals surface area contributed by atoms with Crippen molar-refractivity contribution in [1.82, 2.24) is 15.3 Å². The van der Waals surface area contributed by atoms with Gasteiger partial charge in [0.2, 0.25) is 0 Å². The number of thioether (sulfide) groups is 1. The Kier molecular flexibility index (Phi) is 5.43. The molecule has 0 bridgehead atoms. The Labute approximate surface area is 169 Å². The normalized spacial score (nSPS) is 19.6. The van der Waals surface area contributed by atoms with Crippen LogP contribution in [0, 0.1) is 13.8 Å². The number of piperazine rings is 1. The predicted octanol–water partition coefficient (Wildman–Crippen LogP) is 3.58. The van der Waals surface area contributed by atoms with Gasteiger partial charge in [0.15, 0.2) is 5.50 Å². The highest BCUT2D eigenvalue weighted by Crippen LogP contribution is 2.37. The lowest BCUT2D eigenvalue weighted by molar-refractivity contribution is 0.584. The van der Waals surface area contributed by atoms with Gasteiger partial charge in [0.1, 0.15) is 17.5 Å². The second kappa shape index (κ2) is 7.96. The van der Waals surface area contributed by atoms with Crippen LogP contribution in [-0.4, -0.2) is 41.6 Å². The van der Waals surface area contributed by atoms with E-state index in [9.17, 15) is 0 Å². The molecule has 2 aromatic rings. The number of para-hydroxylation sites is 1. The van der Waals surface area contributed by atoms with Gasteiger partial charge in [-0.15, -0.1) is 0 Å². The Morgan fingerprint density at radius 3 is 2.81 bits per heavy atom. The minimum Gasteiger partial charge on any atom is -0.354 e. The maximum Gasteiger partial charge on any atom is 0.157 e. The molecule has 8 heteroatoms. The molecule has 1 saturated heterocycles. The number of aromatic nitrogens is 2. The zero-order valence-electron chi connectivity index (χ0n) is 15.4. The molecule has 0 radical (unpaired) electrons. The highest BCUT2D eigenvalue weighted by molar-refractivity contribution is 8.03. The van der Waals surface area contributed by atoms with Gasteiger partial charge in [-0.05, 0) is 30.9 Å². The number of benzene rings is 1. The lowest BCUT2D eigenvalue weighted by Gasteiger charge is -2.30. The topological polar surface area (TPSA) is 56.3 Å². The molecule has 0 saturated carbocycles. The molecule has 2 N–H and O–H groups in total. The van der Waals surface area contributed by atoms with Gasteiger partial charge in [-0.25, -0.2) is 9.97 Å². The summed E-state index contributed by atoms with van der Waals surface area (Å²) >= 11 is 8.18. The lowest BCUT2D eigenvalue weighted by Crippen LogP contribution is -2.44. The van der Waals surface area contributed by atoms with Gasteiger partial charge in [0, 0.05) is 38.4 Å². The summed E-state index contributed by atoms with van der Waals surface area (Å²) in [6.07, 6.45) is 2.06. The largest absolute Gasteiger partial charge is 0.354 e. The van der Waals surface area contributed by atoms with Gasteiger partial charge in [0.05, 0.1) is 10.7 Å². The van der Waals surface area contributed by atoms with E-state index in [1.165, 1.54) is 0 Å². The Morgan fingerprint density at radius 2 is 2.04 bits per heavy atom. The van der Waals surface area contributed by atoms with Crippen LogP contribution in [0.1, 0.15) is 11.4 Å². The third-order valence-electron chi connectivity index (χ3n) is 4.67. The molecule has 0 spiro atoms. The van der Waals surface area contributed by atoms with E-state index in [2.05, 4.69) is 55.0 Å². The highest BCUT2D eigenvalue weighted by atomic mass is 35.5. The average Bonchev–Trinajstić information content (AvgIpc) is 3.09. The maximum absolute atomic E-state index is 6.48. The third kappa shape index (κ3) is 4.00. The number of halogens is 1. The van der Waals surface area contributed by atoms with Gasteiger partial charge < -0.3 is 20.4 Å². The summed E-state index contributed by atoms with van der Waals surface area (Å²) in [6.45, 7) is 7.89. The number of nitrogens with zero attached hydrogens (tertiary/aromatic N) is 4. The molecule has 1 fully saturated rings. The van der Waals surface area contributed by atoms with Gasteiger partial charge in [-0.3, -0.25) is 0 Å². The van der Waals surface area contributed by atoms with Gasteiger partial charge >= 0.3 is 0 Å². The zero-order chi connectivity index (χ0) is 18.8. The number of anilines is 3. The molecule has 1 unspecified atom stereocenters. The second-order valence-electron chi connectivity index (χ2n) is 6.63.